The van der Waals surface area contributed by atoms with E-state index in [0.717, 1.165) is 4.99 Å². The number of hydrogen-bond acceptors (Lipinski definition) is 2. The van der Waals surface area contributed by atoms with Crippen molar-refractivity contribution in [3.63, 3.8) is 0 Å². The van der Waals surface area contributed by atoms with Gasteiger partial charge in [-0.25, -0.2) is 0 Å². The molecular weight excluding hydrogens is 117 g/mol. The van der Waals surface area contributed by atoms with E-state index in [-0.39, 0.29) is 0 Å². The van der Waals surface area contributed by atoms with Crippen LogP contribution < -0.4 is 5.09 Å². The molecule has 2 nitrogen and oxygen atoms in total. The van der Waals surface area contributed by atoms with Crippen LogP contribution in [0.15, 0.2) is 0 Å². The summed E-state index contributed by atoms with van der Waals surface area (Å²) in [5.41, 5.74) is 0. The van der Waals surface area contributed by atoms with Crippen LogP contribution in [0.4, 0.5) is 0 Å². The molecule has 0 saturated carbocycles. The molecule has 1 atom stereocenters. The summed E-state index contributed by atoms with van der Waals surface area (Å²) in [6.45, 7) is 0.619. The monoisotopic (exact) mass is 121 g/mol. The second-order valence-corrected chi connectivity index (χ2v) is 2.17. The van der Waals surface area contributed by atoms with Crippen molar-refractivity contribution in [1.82, 2.24) is 5.09 Å². The minimum atomic E-state index is 0.398. The lowest BCUT2D eigenvalue weighted by Crippen LogP contribution is -2.05. The summed E-state index contributed by atoms with van der Waals surface area (Å²) in [5, 5.41) is 2.86. The highest BCUT2D eigenvalue weighted by Gasteiger charge is 2.01. The fraction of sp³-hybridized carbons (Fsp3) is 0.500. The zero-order valence-corrected chi connectivity index (χ0v) is 4.84. The Morgan fingerprint density at radius 2 is 2.83 bits per heavy atom. The van der Waals surface area contributed by atoms with Crippen LogP contribution in [-0.2, 0) is 4.52 Å². The Labute approximate surface area is 43.2 Å². The van der Waals surface area contributed by atoms with Gasteiger partial charge >= 0.3 is 0 Å². The molecule has 0 aromatic rings. The van der Waals surface area contributed by atoms with Gasteiger partial charge in [0.15, 0.2) is 0 Å². The third-order valence-electron chi connectivity index (χ3n) is 0.466. The van der Waals surface area contributed by atoms with E-state index in [2.05, 4.69) is 17.3 Å². The molecule has 0 amide bonds. The fourth-order valence-corrected chi connectivity index (χ4v) is 0.994. The molecule has 1 unspecified atom stereocenters. The average molecular weight is 121 g/mol. The molecule has 1 aliphatic heterocycles. The highest BCUT2D eigenvalue weighted by atomic mass is 32.1. The normalized spacial score (nSPS) is 25.0. The molecule has 34 valence electrons. The maximum atomic E-state index is 4.83. The van der Waals surface area contributed by atoms with Crippen LogP contribution >= 0.6 is 21.2 Å². The summed E-state index contributed by atoms with van der Waals surface area (Å²) in [6.07, 6.45) is 0. The zero-order chi connectivity index (χ0) is 4.41. The lowest BCUT2D eigenvalue weighted by Gasteiger charge is -1.79. The van der Waals surface area contributed by atoms with E-state index in [1.807, 2.05) is 0 Å². The van der Waals surface area contributed by atoms with Crippen LogP contribution in [0.1, 0.15) is 0 Å². The van der Waals surface area contributed by atoms with E-state index >= 15 is 0 Å². The third-order valence-corrected chi connectivity index (χ3v) is 1.56. The van der Waals surface area contributed by atoms with Crippen LogP contribution in [0, 0.1) is 0 Å². The molecule has 0 aliphatic carbocycles. The molecule has 1 heterocycles. The smallest absolute Gasteiger partial charge is 0.115 e. The maximum Gasteiger partial charge on any atom is 0.115 e. The van der Waals surface area contributed by atoms with Gasteiger partial charge in [0.1, 0.15) is 20.6 Å². The molecule has 1 fully saturated rings. The Hall–Kier alpha value is 0.280. The van der Waals surface area contributed by atoms with E-state index < -0.39 is 0 Å². The minimum absolute atomic E-state index is 0.398. The van der Waals surface area contributed by atoms with Gasteiger partial charge in [0.2, 0.25) is 0 Å². The van der Waals surface area contributed by atoms with Gasteiger partial charge in [-0.15, -0.1) is 0 Å². The molecule has 0 aromatic carbocycles. The molecule has 0 radical (unpaired) electrons. The first kappa shape index (κ1) is 4.44. The summed E-state index contributed by atoms with van der Waals surface area (Å²) in [6, 6.07) is 0. The second-order valence-electron chi connectivity index (χ2n) is 0.939. The Morgan fingerprint density at radius 1 is 2.00 bits per heavy atom. The molecular formula is C2H4NOPS. The summed E-state index contributed by atoms with van der Waals surface area (Å²) in [7, 11) is 0.398. The number of rotatable bonds is 0. The summed E-state index contributed by atoms with van der Waals surface area (Å²) in [5.74, 6) is 0. The van der Waals surface area contributed by atoms with E-state index in [0.29, 0.717) is 15.6 Å². The number of nitrogens with one attached hydrogen (secondary N) is 1. The third kappa shape index (κ3) is 0.869. The maximum absolute atomic E-state index is 4.83. The van der Waals surface area contributed by atoms with Gasteiger partial charge in [0, 0.05) is 0 Å². The predicted molar refractivity (Wildman–Crippen MR) is 30.0 cm³/mol. The first-order valence-corrected chi connectivity index (χ1v) is 2.87. The van der Waals surface area contributed by atoms with Crippen molar-refractivity contribution in [3.8, 4) is 0 Å². The quantitative estimate of drug-likeness (QED) is 0.371. The Bertz CT molecular complexity index is 67.9. The van der Waals surface area contributed by atoms with E-state index in [1.54, 1.807) is 0 Å². The van der Waals surface area contributed by atoms with E-state index in [9.17, 15) is 0 Å². The van der Waals surface area contributed by atoms with E-state index in [1.165, 1.54) is 0 Å². The lowest BCUT2D eigenvalue weighted by atomic mass is 10.7. The molecule has 0 spiro atoms. The molecule has 1 saturated heterocycles. The zero-order valence-electron chi connectivity index (χ0n) is 3.02. The van der Waals surface area contributed by atoms with Crippen LogP contribution in [0.2, 0.25) is 0 Å². The second kappa shape index (κ2) is 1.82. The van der Waals surface area contributed by atoms with Crippen LogP contribution in [0.25, 0.3) is 0 Å². The van der Waals surface area contributed by atoms with Crippen LogP contribution in [0.5, 0.6) is 0 Å². The number of hydrogen-bond donors (Lipinski definition) is 1. The van der Waals surface area contributed by atoms with Gasteiger partial charge in [-0.3, -0.25) is 0 Å². The largest absolute Gasteiger partial charge is 0.338 e. The molecule has 1 N–H and O–H groups in total. The van der Waals surface area contributed by atoms with Gasteiger partial charge in [0.25, 0.3) is 0 Å². The Morgan fingerprint density at radius 3 is 3.00 bits per heavy atom. The Balaban J connectivity index is 2.37. The molecule has 6 heavy (non-hydrogen) atoms. The van der Waals surface area contributed by atoms with E-state index in [4.69, 9.17) is 4.52 Å². The van der Waals surface area contributed by atoms with Gasteiger partial charge < -0.3 is 9.61 Å². The predicted octanol–water partition coefficient (Wildman–Crippen LogP) is 0.442. The molecule has 1 aliphatic rings. The van der Waals surface area contributed by atoms with Crippen molar-refractivity contribution in [2.45, 2.75) is 0 Å². The number of thiocarbonyl (C=S) groups is 1. The summed E-state index contributed by atoms with van der Waals surface area (Å²) >= 11 is 4.69. The topological polar surface area (TPSA) is 21.3 Å². The van der Waals surface area contributed by atoms with Crippen molar-refractivity contribution < 1.29 is 4.52 Å². The fourth-order valence-electron chi connectivity index (χ4n) is 0.231. The van der Waals surface area contributed by atoms with Crippen LogP contribution in [-0.4, -0.2) is 11.6 Å². The Kier molecular flexibility index (Phi) is 1.35. The first-order valence-electron chi connectivity index (χ1n) is 1.55. The first-order chi connectivity index (χ1) is 2.89. The van der Waals surface area contributed by atoms with Crippen molar-refractivity contribution in [2.24, 2.45) is 0 Å². The van der Waals surface area contributed by atoms with Gasteiger partial charge in [-0.05, 0) is 0 Å². The average Bonchev–Trinajstić information content (AvgIpc) is 1.86. The van der Waals surface area contributed by atoms with Crippen molar-refractivity contribution in [1.29, 1.82) is 0 Å². The highest BCUT2D eigenvalue weighted by Crippen LogP contribution is 2.11. The van der Waals surface area contributed by atoms with Crippen molar-refractivity contribution in [2.75, 3.05) is 6.61 Å². The minimum Gasteiger partial charge on any atom is -0.338 e. The molecule has 1 rings (SSSR count). The van der Waals surface area contributed by atoms with Gasteiger partial charge in [-0.1, -0.05) is 12.2 Å². The molecule has 0 bridgehead atoms. The van der Waals surface area contributed by atoms with Crippen LogP contribution in [0.3, 0.4) is 0 Å². The van der Waals surface area contributed by atoms with Crippen molar-refractivity contribution in [3.05, 3.63) is 0 Å². The standard InChI is InChI=1S/C2H4NOPS/c6-2-1-4-5-3-2/h5H,1H2,(H,3,6). The summed E-state index contributed by atoms with van der Waals surface area (Å²) in [4.78, 5) is 0.827. The summed E-state index contributed by atoms with van der Waals surface area (Å²) < 4.78 is 4.83. The van der Waals surface area contributed by atoms with Gasteiger partial charge in [0.05, 0.1) is 0 Å². The van der Waals surface area contributed by atoms with Gasteiger partial charge in [-0.2, -0.15) is 0 Å². The SMILES string of the molecule is S=C1COPN1. The van der Waals surface area contributed by atoms with Crippen molar-refractivity contribution >= 4 is 26.2 Å². The molecule has 0 aromatic heterocycles. The molecule has 4 heteroatoms. The lowest BCUT2D eigenvalue weighted by molar-refractivity contribution is 0.449. The highest BCUT2D eigenvalue weighted by molar-refractivity contribution is 7.81.